The highest BCUT2D eigenvalue weighted by Gasteiger charge is 2.16. The largest absolute Gasteiger partial charge is 0.492 e. The first-order valence-corrected chi connectivity index (χ1v) is 6.09. The Kier molecular flexibility index (Phi) is 4.15. The molecule has 1 aromatic carbocycles. The number of hydrogen-bond acceptors (Lipinski definition) is 3. The lowest BCUT2D eigenvalue weighted by Crippen LogP contribution is -2.33. The molecule has 0 unspecified atom stereocenters. The molecule has 3 N–H and O–H groups in total. The lowest BCUT2D eigenvalue weighted by Gasteiger charge is -2.23. The number of rotatable bonds is 4. The summed E-state index contributed by atoms with van der Waals surface area (Å²) in [7, 11) is 0. The van der Waals surface area contributed by atoms with Crippen molar-refractivity contribution in [2.24, 2.45) is 11.7 Å². The van der Waals surface area contributed by atoms with Crippen LogP contribution in [0.5, 0.6) is 5.75 Å². The van der Waals surface area contributed by atoms with Gasteiger partial charge in [-0.05, 0) is 37.6 Å². The summed E-state index contributed by atoms with van der Waals surface area (Å²) in [4.78, 5) is 11.2. The van der Waals surface area contributed by atoms with Gasteiger partial charge in [-0.2, -0.15) is 0 Å². The molecule has 1 atom stereocenters. The molecule has 0 radical (unpaired) electrons. The average Bonchev–Trinajstić information content (AvgIpc) is 2.38. The van der Waals surface area contributed by atoms with E-state index >= 15 is 0 Å². The van der Waals surface area contributed by atoms with Crippen molar-refractivity contribution in [3.8, 4) is 5.75 Å². The number of benzene rings is 1. The molecule has 1 aliphatic heterocycles. The Balaban J connectivity index is 2.01. The van der Waals surface area contributed by atoms with Crippen molar-refractivity contribution in [3.63, 3.8) is 0 Å². The molecule has 4 nitrogen and oxygen atoms in total. The highest BCUT2D eigenvalue weighted by Crippen LogP contribution is 2.21. The molecule has 18 heavy (non-hydrogen) atoms. The van der Waals surface area contributed by atoms with E-state index < -0.39 is 11.7 Å². The smallest absolute Gasteiger partial charge is 0.252 e. The van der Waals surface area contributed by atoms with Crippen molar-refractivity contribution >= 4 is 5.91 Å². The molecule has 98 valence electrons. The van der Waals surface area contributed by atoms with Crippen LogP contribution in [0.15, 0.2) is 18.2 Å². The van der Waals surface area contributed by atoms with Gasteiger partial charge in [0, 0.05) is 12.5 Å². The highest BCUT2D eigenvalue weighted by atomic mass is 19.1. The minimum atomic E-state index is -0.675. The van der Waals surface area contributed by atoms with Gasteiger partial charge in [0.1, 0.15) is 11.6 Å². The first kappa shape index (κ1) is 12.8. The number of piperidine rings is 1. The third-order valence-electron chi connectivity index (χ3n) is 3.08. The molecule has 1 saturated heterocycles. The fourth-order valence-corrected chi connectivity index (χ4v) is 2.09. The second-order valence-corrected chi connectivity index (χ2v) is 4.53. The summed E-state index contributed by atoms with van der Waals surface area (Å²) in [5.41, 5.74) is 5.29. The number of carbonyl (C=O) groups excluding carboxylic acids is 1. The first-order chi connectivity index (χ1) is 8.66. The average molecular weight is 252 g/mol. The second kappa shape index (κ2) is 5.82. The molecular weight excluding hydrogens is 235 g/mol. The van der Waals surface area contributed by atoms with Crippen LogP contribution in [-0.4, -0.2) is 25.6 Å². The monoisotopic (exact) mass is 252 g/mol. The summed E-state index contributed by atoms with van der Waals surface area (Å²) in [6, 6.07) is 3.82. The Hall–Kier alpha value is -1.62. The van der Waals surface area contributed by atoms with Gasteiger partial charge in [0.05, 0.1) is 12.2 Å². The van der Waals surface area contributed by atoms with E-state index in [9.17, 15) is 9.18 Å². The van der Waals surface area contributed by atoms with Gasteiger partial charge >= 0.3 is 0 Å². The summed E-state index contributed by atoms with van der Waals surface area (Å²) in [5.74, 6) is -0.388. The van der Waals surface area contributed by atoms with E-state index in [1.165, 1.54) is 12.1 Å². The fraction of sp³-hybridized carbons (Fsp3) is 0.462. The number of halogens is 1. The Bertz CT molecular complexity index is 431. The van der Waals surface area contributed by atoms with E-state index in [0.29, 0.717) is 18.3 Å². The minimum Gasteiger partial charge on any atom is -0.492 e. The van der Waals surface area contributed by atoms with Crippen molar-refractivity contribution in [1.29, 1.82) is 0 Å². The Morgan fingerprint density at radius 1 is 1.56 bits per heavy atom. The molecule has 0 aromatic heterocycles. The summed E-state index contributed by atoms with van der Waals surface area (Å²) in [6.07, 6.45) is 2.22. The molecule has 0 aliphatic carbocycles. The summed E-state index contributed by atoms with van der Waals surface area (Å²) >= 11 is 0. The van der Waals surface area contributed by atoms with Gasteiger partial charge in [-0.15, -0.1) is 0 Å². The third-order valence-corrected chi connectivity index (χ3v) is 3.08. The zero-order valence-corrected chi connectivity index (χ0v) is 10.1. The van der Waals surface area contributed by atoms with Crippen molar-refractivity contribution in [3.05, 3.63) is 29.6 Å². The van der Waals surface area contributed by atoms with Crippen molar-refractivity contribution in [2.45, 2.75) is 12.8 Å². The van der Waals surface area contributed by atoms with Crippen LogP contribution in [0.4, 0.5) is 4.39 Å². The molecule has 0 spiro atoms. The number of nitrogens with two attached hydrogens (primary N) is 1. The molecule has 5 heteroatoms. The predicted molar refractivity (Wildman–Crippen MR) is 66.0 cm³/mol. The van der Waals surface area contributed by atoms with Crippen LogP contribution in [0.3, 0.4) is 0 Å². The number of primary amides is 1. The Morgan fingerprint density at radius 3 is 3.06 bits per heavy atom. The van der Waals surface area contributed by atoms with Crippen LogP contribution in [0.1, 0.15) is 23.2 Å². The quantitative estimate of drug-likeness (QED) is 0.849. The van der Waals surface area contributed by atoms with Gasteiger partial charge < -0.3 is 15.8 Å². The van der Waals surface area contributed by atoms with E-state index in [0.717, 1.165) is 32.0 Å². The van der Waals surface area contributed by atoms with Gasteiger partial charge in [-0.3, -0.25) is 4.79 Å². The van der Waals surface area contributed by atoms with Crippen LogP contribution >= 0.6 is 0 Å². The minimum absolute atomic E-state index is 0.0961. The zero-order chi connectivity index (χ0) is 13.0. The summed E-state index contributed by atoms with van der Waals surface area (Å²) in [6.45, 7) is 2.46. The normalized spacial score (nSPS) is 19.5. The third kappa shape index (κ3) is 3.20. The summed E-state index contributed by atoms with van der Waals surface area (Å²) < 4.78 is 18.6. The van der Waals surface area contributed by atoms with Gasteiger partial charge in [-0.1, -0.05) is 0 Å². The van der Waals surface area contributed by atoms with Crippen LogP contribution in [0, 0.1) is 11.7 Å². The van der Waals surface area contributed by atoms with Crippen molar-refractivity contribution in [2.75, 3.05) is 19.7 Å². The number of carbonyl (C=O) groups is 1. The van der Waals surface area contributed by atoms with Gasteiger partial charge in [-0.25, -0.2) is 4.39 Å². The lowest BCUT2D eigenvalue weighted by atomic mass is 10.0. The molecule has 1 heterocycles. The van der Waals surface area contributed by atoms with E-state index in [2.05, 4.69) is 5.32 Å². The Labute approximate surface area is 105 Å². The maximum absolute atomic E-state index is 13.0. The number of amides is 1. The number of hydrogen-bond donors (Lipinski definition) is 2. The van der Waals surface area contributed by atoms with Crippen LogP contribution < -0.4 is 15.8 Å². The molecule has 1 aliphatic rings. The lowest BCUT2D eigenvalue weighted by molar-refractivity contribution is 0.0994. The molecule has 2 rings (SSSR count). The van der Waals surface area contributed by atoms with Gasteiger partial charge in [0.15, 0.2) is 0 Å². The second-order valence-electron chi connectivity index (χ2n) is 4.53. The van der Waals surface area contributed by atoms with Gasteiger partial charge in [0.25, 0.3) is 5.91 Å². The number of nitrogens with one attached hydrogen (secondary N) is 1. The molecule has 0 bridgehead atoms. The van der Waals surface area contributed by atoms with Crippen LogP contribution in [-0.2, 0) is 0 Å². The maximum Gasteiger partial charge on any atom is 0.252 e. The predicted octanol–water partition coefficient (Wildman–Crippen LogP) is 1.30. The standard InChI is InChI=1S/C13H17FN2O2/c14-10-3-4-12(11(6-10)13(15)17)18-8-9-2-1-5-16-7-9/h3-4,6,9,16H,1-2,5,7-8H2,(H2,15,17)/t9-/m1/s1. The molecule has 1 fully saturated rings. The number of ether oxygens (including phenoxy) is 1. The van der Waals surface area contributed by atoms with Crippen molar-refractivity contribution in [1.82, 2.24) is 5.32 Å². The SMILES string of the molecule is NC(=O)c1cc(F)ccc1OC[C@@H]1CCCNC1. The zero-order valence-electron chi connectivity index (χ0n) is 10.1. The van der Waals surface area contributed by atoms with Crippen molar-refractivity contribution < 1.29 is 13.9 Å². The Morgan fingerprint density at radius 2 is 2.39 bits per heavy atom. The van der Waals surface area contributed by atoms with E-state index in [1.807, 2.05) is 0 Å². The summed E-state index contributed by atoms with van der Waals surface area (Å²) in [5, 5.41) is 3.29. The van der Waals surface area contributed by atoms with E-state index in [-0.39, 0.29) is 5.56 Å². The first-order valence-electron chi connectivity index (χ1n) is 6.09. The van der Waals surface area contributed by atoms with Crippen LogP contribution in [0.25, 0.3) is 0 Å². The fourth-order valence-electron chi connectivity index (χ4n) is 2.09. The maximum atomic E-state index is 13.0. The highest BCUT2D eigenvalue weighted by molar-refractivity contribution is 5.95. The van der Waals surface area contributed by atoms with E-state index in [4.69, 9.17) is 10.5 Å². The molecule has 0 saturated carbocycles. The molecule has 1 amide bonds. The van der Waals surface area contributed by atoms with Crippen LogP contribution in [0.2, 0.25) is 0 Å². The topological polar surface area (TPSA) is 64.4 Å². The molecule has 1 aromatic rings. The van der Waals surface area contributed by atoms with Gasteiger partial charge in [0.2, 0.25) is 0 Å². The van der Waals surface area contributed by atoms with E-state index in [1.54, 1.807) is 0 Å². The molecular formula is C13H17FN2O2.